The molecule has 0 radical (unpaired) electrons. The molecule has 0 aliphatic heterocycles. The van der Waals surface area contributed by atoms with Crippen LogP contribution in [0.3, 0.4) is 0 Å². The van der Waals surface area contributed by atoms with Gasteiger partial charge in [-0.15, -0.1) is 0 Å². The Hall–Kier alpha value is -2.42. The predicted molar refractivity (Wildman–Crippen MR) is 66.9 cm³/mol. The van der Waals surface area contributed by atoms with Crippen molar-refractivity contribution in [2.45, 2.75) is 0 Å². The Morgan fingerprint density at radius 2 is 2.06 bits per heavy atom. The van der Waals surface area contributed by atoms with E-state index < -0.39 is 0 Å². The molecule has 17 heavy (non-hydrogen) atoms. The van der Waals surface area contributed by atoms with Crippen LogP contribution in [0.1, 0.15) is 10.5 Å². The summed E-state index contributed by atoms with van der Waals surface area (Å²) in [4.78, 5) is 18.0. The molecule has 0 unspecified atom stereocenters. The van der Waals surface area contributed by atoms with Gasteiger partial charge in [0, 0.05) is 22.7 Å². The maximum Gasteiger partial charge on any atom is 0.166 e. The van der Waals surface area contributed by atoms with Gasteiger partial charge in [-0.1, -0.05) is 18.2 Å². The average Bonchev–Trinajstić information content (AvgIpc) is 2.81. The molecule has 0 aliphatic rings. The summed E-state index contributed by atoms with van der Waals surface area (Å²) in [6.45, 7) is 0. The highest BCUT2D eigenvalue weighted by atomic mass is 16.1. The van der Waals surface area contributed by atoms with Crippen LogP contribution in [0.25, 0.3) is 22.2 Å². The van der Waals surface area contributed by atoms with Crippen molar-refractivity contribution in [1.82, 2.24) is 9.97 Å². The molecule has 0 bridgehead atoms. The molecule has 1 aromatic carbocycles. The number of aldehydes is 1. The van der Waals surface area contributed by atoms with Crippen LogP contribution >= 0.6 is 0 Å². The fourth-order valence-electron chi connectivity index (χ4n) is 1.91. The summed E-state index contributed by atoms with van der Waals surface area (Å²) in [5, 5.41) is 1.03. The smallest absolute Gasteiger partial charge is 0.166 e. The zero-order valence-electron chi connectivity index (χ0n) is 9.05. The van der Waals surface area contributed by atoms with Crippen LogP contribution in [0.15, 0.2) is 48.7 Å². The quantitative estimate of drug-likeness (QED) is 0.677. The molecule has 0 amide bonds. The van der Waals surface area contributed by atoms with Gasteiger partial charge in [0.05, 0.1) is 11.4 Å². The minimum atomic E-state index is 0.596. The molecule has 1 N–H and O–H groups in total. The lowest BCUT2D eigenvalue weighted by Crippen LogP contribution is -1.81. The average molecular weight is 222 g/mol. The first-order valence-electron chi connectivity index (χ1n) is 5.36. The molecule has 2 aromatic heterocycles. The minimum Gasteiger partial charge on any atom is -0.352 e. The van der Waals surface area contributed by atoms with Crippen LogP contribution in [0.5, 0.6) is 0 Å². The van der Waals surface area contributed by atoms with Gasteiger partial charge in [-0.25, -0.2) is 0 Å². The highest BCUT2D eigenvalue weighted by Crippen LogP contribution is 2.22. The topological polar surface area (TPSA) is 45.8 Å². The number of hydrogen-bond donors (Lipinski definition) is 1. The summed E-state index contributed by atoms with van der Waals surface area (Å²) in [6.07, 6.45) is 2.59. The van der Waals surface area contributed by atoms with Crippen LogP contribution in [-0.4, -0.2) is 16.3 Å². The number of hydrogen-bond acceptors (Lipinski definition) is 2. The monoisotopic (exact) mass is 222 g/mol. The number of pyridine rings is 1. The summed E-state index contributed by atoms with van der Waals surface area (Å²) >= 11 is 0. The van der Waals surface area contributed by atoms with Gasteiger partial charge in [0.1, 0.15) is 0 Å². The molecule has 0 saturated heterocycles. The Morgan fingerprint density at radius 3 is 2.82 bits per heavy atom. The number of benzene rings is 1. The maximum atomic E-state index is 10.7. The SMILES string of the molecule is O=Cc1cc2ccc(-c3ccccn3)cc2[nH]1. The molecule has 3 nitrogen and oxygen atoms in total. The zero-order valence-corrected chi connectivity index (χ0v) is 9.05. The summed E-state index contributed by atoms with van der Waals surface area (Å²) in [5.74, 6) is 0. The number of nitrogens with one attached hydrogen (secondary N) is 1. The number of H-pyrrole nitrogens is 1. The molecule has 2 heterocycles. The van der Waals surface area contributed by atoms with E-state index in [1.807, 2.05) is 42.5 Å². The number of rotatable bonds is 2. The summed E-state index contributed by atoms with van der Waals surface area (Å²) in [6, 6.07) is 13.6. The van der Waals surface area contributed by atoms with E-state index in [-0.39, 0.29) is 0 Å². The summed E-state index contributed by atoms with van der Waals surface area (Å²) < 4.78 is 0. The van der Waals surface area contributed by atoms with Gasteiger partial charge < -0.3 is 4.98 Å². The van der Waals surface area contributed by atoms with Crippen molar-refractivity contribution in [1.29, 1.82) is 0 Å². The van der Waals surface area contributed by atoms with Crippen molar-refractivity contribution in [3.8, 4) is 11.3 Å². The fraction of sp³-hybridized carbons (Fsp3) is 0. The van der Waals surface area contributed by atoms with Crippen molar-refractivity contribution in [2.24, 2.45) is 0 Å². The molecule has 3 rings (SSSR count). The molecule has 3 aromatic rings. The Bertz CT molecular complexity index is 671. The van der Waals surface area contributed by atoms with Gasteiger partial charge >= 0.3 is 0 Å². The fourth-order valence-corrected chi connectivity index (χ4v) is 1.91. The van der Waals surface area contributed by atoms with E-state index in [1.54, 1.807) is 6.20 Å². The van der Waals surface area contributed by atoms with Crippen molar-refractivity contribution >= 4 is 17.2 Å². The first-order valence-corrected chi connectivity index (χ1v) is 5.36. The van der Waals surface area contributed by atoms with Crippen LogP contribution < -0.4 is 0 Å². The van der Waals surface area contributed by atoms with Crippen molar-refractivity contribution in [3.05, 3.63) is 54.4 Å². The Balaban J connectivity index is 2.16. The molecule has 0 spiro atoms. The highest BCUT2D eigenvalue weighted by Gasteiger charge is 2.03. The molecule has 0 atom stereocenters. The van der Waals surface area contributed by atoms with E-state index in [4.69, 9.17) is 0 Å². The molecule has 3 heteroatoms. The van der Waals surface area contributed by atoms with Crippen LogP contribution in [-0.2, 0) is 0 Å². The zero-order chi connectivity index (χ0) is 11.7. The predicted octanol–water partition coefficient (Wildman–Crippen LogP) is 3.04. The number of carbonyl (C=O) groups is 1. The number of aromatic amines is 1. The molecular formula is C14H10N2O. The molecular weight excluding hydrogens is 212 g/mol. The minimum absolute atomic E-state index is 0.596. The Morgan fingerprint density at radius 1 is 1.12 bits per heavy atom. The Kier molecular flexibility index (Phi) is 2.22. The van der Waals surface area contributed by atoms with Crippen molar-refractivity contribution < 1.29 is 4.79 Å². The van der Waals surface area contributed by atoms with Gasteiger partial charge in [-0.3, -0.25) is 9.78 Å². The second-order valence-electron chi connectivity index (χ2n) is 3.86. The largest absolute Gasteiger partial charge is 0.352 e. The normalized spacial score (nSPS) is 10.6. The number of aromatic nitrogens is 2. The van der Waals surface area contributed by atoms with Gasteiger partial charge in [-0.05, 0) is 24.3 Å². The van der Waals surface area contributed by atoms with E-state index in [9.17, 15) is 4.79 Å². The third-order valence-electron chi connectivity index (χ3n) is 2.73. The van der Waals surface area contributed by atoms with Crippen LogP contribution in [0.4, 0.5) is 0 Å². The summed E-state index contributed by atoms with van der Waals surface area (Å²) in [5.41, 5.74) is 3.52. The third-order valence-corrected chi connectivity index (χ3v) is 2.73. The molecule has 0 fully saturated rings. The maximum absolute atomic E-state index is 10.7. The lowest BCUT2D eigenvalue weighted by molar-refractivity contribution is 0.112. The number of carbonyl (C=O) groups excluding carboxylic acids is 1. The van der Waals surface area contributed by atoms with Gasteiger partial charge in [-0.2, -0.15) is 0 Å². The van der Waals surface area contributed by atoms with Crippen molar-refractivity contribution in [3.63, 3.8) is 0 Å². The molecule has 0 saturated carbocycles. The van der Waals surface area contributed by atoms with Crippen molar-refractivity contribution in [2.75, 3.05) is 0 Å². The first kappa shape index (κ1) is 9.78. The number of fused-ring (bicyclic) bond motifs is 1. The second kappa shape index (κ2) is 3.87. The highest BCUT2D eigenvalue weighted by molar-refractivity contribution is 5.90. The van der Waals surface area contributed by atoms with E-state index in [1.165, 1.54) is 0 Å². The lowest BCUT2D eigenvalue weighted by atomic mass is 10.1. The van der Waals surface area contributed by atoms with Gasteiger partial charge in [0.2, 0.25) is 0 Å². The number of nitrogens with zero attached hydrogens (tertiary/aromatic N) is 1. The van der Waals surface area contributed by atoms with E-state index in [2.05, 4.69) is 9.97 Å². The lowest BCUT2D eigenvalue weighted by Gasteiger charge is -1.99. The summed E-state index contributed by atoms with van der Waals surface area (Å²) in [7, 11) is 0. The van der Waals surface area contributed by atoms with Gasteiger partial charge in [0.15, 0.2) is 6.29 Å². The van der Waals surface area contributed by atoms with E-state index in [0.29, 0.717) is 5.69 Å². The van der Waals surface area contributed by atoms with E-state index >= 15 is 0 Å². The Labute approximate surface area is 98.1 Å². The van der Waals surface area contributed by atoms with E-state index in [0.717, 1.165) is 28.4 Å². The van der Waals surface area contributed by atoms with Crippen LogP contribution in [0.2, 0.25) is 0 Å². The molecule has 82 valence electrons. The van der Waals surface area contributed by atoms with Crippen LogP contribution in [0, 0.1) is 0 Å². The second-order valence-corrected chi connectivity index (χ2v) is 3.86. The standard InChI is InChI=1S/C14H10N2O/c17-9-12-7-10-4-5-11(8-14(10)16-12)13-3-1-2-6-15-13/h1-9,16H. The third kappa shape index (κ3) is 1.72. The van der Waals surface area contributed by atoms with Gasteiger partial charge in [0.25, 0.3) is 0 Å². The first-order chi connectivity index (χ1) is 8.36. The molecule has 0 aliphatic carbocycles.